The van der Waals surface area contributed by atoms with E-state index < -0.39 is 21.2 Å². The van der Waals surface area contributed by atoms with E-state index in [0.717, 1.165) is 0 Å². The summed E-state index contributed by atoms with van der Waals surface area (Å²) in [6.45, 7) is 1.76. The largest absolute Gasteiger partial charge is 0.465 e. The van der Waals surface area contributed by atoms with Crippen molar-refractivity contribution in [2.75, 3.05) is 12.4 Å². The minimum Gasteiger partial charge on any atom is -0.465 e. The lowest BCUT2D eigenvalue weighted by atomic mass is 9.79. The highest BCUT2D eigenvalue weighted by Crippen LogP contribution is 2.31. The molecule has 0 bridgehead atoms. The third kappa shape index (κ3) is 4.06. The quantitative estimate of drug-likeness (QED) is 0.712. The summed E-state index contributed by atoms with van der Waals surface area (Å²) in [7, 11) is -3.62. The van der Waals surface area contributed by atoms with Crippen LogP contribution < -0.4 is 0 Å². The van der Waals surface area contributed by atoms with E-state index >= 15 is 0 Å². The van der Waals surface area contributed by atoms with E-state index in [4.69, 9.17) is 4.74 Å². The summed E-state index contributed by atoms with van der Waals surface area (Å²) in [5, 5.41) is 9.75. The van der Waals surface area contributed by atoms with Gasteiger partial charge in [-0.15, -0.1) is 0 Å². The maximum absolute atomic E-state index is 12.5. The highest BCUT2D eigenvalue weighted by Gasteiger charge is 2.43. The maximum Gasteiger partial charge on any atom is 0.331 e. The normalized spacial score (nSPS) is 13.4. The monoisotopic (exact) mass is 357 g/mol. The van der Waals surface area contributed by atoms with E-state index in [0.29, 0.717) is 5.56 Å². The summed E-state index contributed by atoms with van der Waals surface area (Å²) in [5.74, 6) is -1.06. The van der Waals surface area contributed by atoms with Gasteiger partial charge in [-0.2, -0.15) is 5.26 Å². The molecule has 0 radical (unpaired) electrons. The second-order valence-corrected chi connectivity index (χ2v) is 7.59. The summed E-state index contributed by atoms with van der Waals surface area (Å²) in [4.78, 5) is 12.7. The van der Waals surface area contributed by atoms with Gasteiger partial charge >= 0.3 is 5.97 Å². The number of esters is 1. The Morgan fingerprint density at radius 1 is 1.08 bits per heavy atom. The van der Waals surface area contributed by atoms with Gasteiger partial charge in [0.05, 0.1) is 23.3 Å². The Labute approximate surface area is 147 Å². The first-order valence-corrected chi connectivity index (χ1v) is 9.53. The van der Waals surface area contributed by atoms with E-state index in [9.17, 15) is 18.5 Å². The van der Waals surface area contributed by atoms with Gasteiger partial charge in [-0.3, -0.25) is 0 Å². The standard InChI is InChI=1S/C19H19NO4S/c1-2-24-18(21)19(15-20,16-9-5-3-6-10-16)13-14-25(22,23)17-11-7-4-8-12-17/h3-12H,2,13-14H2,1H3/t19-/m0/s1. The fraction of sp³-hybridized carbons (Fsp3) is 0.263. The molecule has 1 atom stereocenters. The lowest BCUT2D eigenvalue weighted by molar-refractivity contribution is -0.147. The van der Waals surface area contributed by atoms with E-state index in [-0.39, 0.29) is 23.7 Å². The lowest BCUT2D eigenvalue weighted by Crippen LogP contribution is -2.38. The van der Waals surface area contributed by atoms with Gasteiger partial charge in [-0.1, -0.05) is 48.5 Å². The van der Waals surface area contributed by atoms with Crippen LogP contribution in [0.3, 0.4) is 0 Å². The number of benzene rings is 2. The summed E-state index contributed by atoms with van der Waals surface area (Å²) < 4.78 is 30.2. The van der Waals surface area contributed by atoms with Crippen LogP contribution >= 0.6 is 0 Å². The van der Waals surface area contributed by atoms with Crippen LogP contribution in [0.25, 0.3) is 0 Å². The van der Waals surface area contributed by atoms with Crippen molar-refractivity contribution < 1.29 is 17.9 Å². The molecule has 2 rings (SSSR count). The minimum atomic E-state index is -3.62. The van der Waals surface area contributed by atoms with E-state index in [1.54, 1.807) is 55.5 Å². The molecule has 2 aromatic rings. The Kier molecular flexibility index (Phi) is 5.94. The first-order valence-electron chi connectivity index (χ1n) is 7.88. The molecular formula is C19H19NO4S. The van der Waals surface area contributed by atoms with Crippen LogP contribution in [0.1, 0.15) is 18.9 Å². The lowest BCUT2D eigenvalue weighted by Gasteiger charge is -2.24. The van der Waals surface area contributed by atoms with Crippen LogP contribution in [-0.2, 0) is 24.8 Å². The average molecular weight is 357 g/mol. The number of rotatable bonds is 7. The number of nitrogens with zero attached hydrogens (tertiary/aromatic N) is 1. The Hall–Kier alpha value is -2.65. The van der Waals surface area contributed by atoms with Gasteiger partial charge in [0.1, 0.15) is 0 Å². The highest BCUT2D eigenvalue weighted by molar-refractivity contribution is 7.91. The highest BCUT2D eigenvalue weighted by atomic mass is 32.2. The molecule has 2 aromatic carbocycles. The summed E-state index contributed by atoms with van der Waals surface area (Å²) in [5.41, 5.74) is -1.22. The molecule has 0 heterocycles. The third-order valence-corrected chi connectivity index (χ3v) is 5.66. The molecule has 6 heteroatoms. The molecule has 0 spiro atoms. The number of ether oxygens (including phenoxy) is 1. The molecular weight excluding hydrogens is 338 g/mol. The third-order valence-electron chi connectivity index (χ3n) is 3.93. The van der Waals surface area contributed by atoms with Gasteiger partial charge in [0, 0.05) is 0 Å². The molecule has 0 N–H and O–H groups in total. The number of sulfone groups is 1. The molecule has 0 aliphatic carbocycles. The molecule has 130 valence electrons. The predicted octanol–water partition coefficient (Wildman–Crippen LogP) is 2.88. The number of carbonyl (C=O) groups is 1. The van der Waals surface area contributed by atoms with Crippen molar-refractivity contribution in [3.05, 3.63) is 66.2 Å². The summed E-state index contributed by atoms with van der Waals surface area (Å²) in [6.07, 6.45) is -0.177. The minimum absolute atomic E-state index is 0.112. The van der Waals surface area contributed by atoms with Gasteiger partial charge in [0.25, 0.3) is 0 Å². The zero-order chi connectivity index (χ0) is 18.3. The number of carbonyl (C=O) groups excluding carboxylic acids is 1. The van der Waals surface area contributed by atoms with Crippen LogP contribution in [0, 0.1) is 11.3 Å². The van der Waals surface area contributed by atoms with Gasteiger partial charge in [-0.25, -0.2) is 13.2 Å². The Balaban J connectivity index is 2.38. The predicted molar refractivity (Wildman–Crippen MR) is 93.5 cm³/mol. The van der Waals surface area contributed by atoms with Crippen molar-refractivity contribution in [2.45, 2.75) is 23.7 Å². The van der Waals surface area contributed by atoms with Crippen LogP contribution in [0.2, 0.25) is 0 Å². The molecule has 25 heavy (non-hydrogen) atoms. The number of nitriles is 1. The molecule has 0 saturated carbocycles. The molecule has 0 saturated heterocycles. The molecule has 5 nitrogen and oxygen atoms in total. The molecule has 0 amide bonds. The van der Waals surface area contributed by atoms with Gasteiger partial charge < -0.3 is 4.74 Å². The zero-order valence-electron chi connectivity index (χ0n) is 13.9. The average Bonchev–Trinajstić information content (AvgIpc) is 2.64. The van der Waals surface area contributed by atoms with E-state index in [2.05, 4.69) is 0 Å². The topological polar surface area (TPSA) is 84.2 Å². The second kappa shape index (κ2) is 7.95. The Bertz CT molecular complexity index is 857. The Morgan fingerprint density at radius 3 is 2.16 bits per heavy atom. The first kappa shape index (κ1) is 18.7. The molecule has 0 unspecified atom stereocenters. The Morgan fingerprint density at radius 2 is 1.64 bits per heavy atom. The van der Waals surface area contributed by atoms with Crippen molar-refractivity contribution in [2.24, 2.45) is 0 Å². The fourth-order valence-electron chi connectivity index (χ4n) is 2.54. The number of hydrogen-bond donors (Lipinski definition) is 0. The second-order valence-electron chi connectivity index (χ2n) is 5.49. The van der Waals surface area contributed by atoms with Gasteiger partial charge in [0.2, 0.25) is 0 Å². The fourth-order valence-corrected chi connectivity index (χ4v) is 3.92. The maximum atomic E-state index is 12.5. The smallest absolute Gasteiger partial charge is 0.331 e. The molecule has 0 fully saturated rings. The number of hydrogen-bond acceptors (Lipinski definition) is 5. The summed E-state index contributed by atoms with van der Waals surface area (Å²) >= 11 is 0. The van der Waals surface area contributed by atoms with Crippen molar-refractivity contribution in [3.8, 4) is 6.07 Å². The van der Waals surface area contributed by atoms with E-state index in [1.807, 2.05) is 6.07 Å². The van der Waals surface area contributed by atoms with Crippen LogP contribution in [0.15, 0.2) is 65.6 Å². The van der Waals surface area contributed by atoms with Gasteiger partial charge in [-0.05, 0) is 31.0 Å². The van der Waals surface area contributed by atoms with Crippen LogP contribution in [0.5, 0.6) is 0 Å². The van der Waals surface area contributed by atoms with Gasteiger partial charge in [0.15, 0.2) is 15.3 Å². The van der Waals surface area contributed by atoms with Crippen LogP contribution in [-0.4, -0.2) is 26.7 Å². The molecule has 0 aromatic heterocycles. The van der Waals surface area contributed by atoms with Crippen molar-refractivity contribution in [1.82, 2.24) is 0 Å². The van der Waals surface area contributed by atoms with Crippen molar-refractivity contribution in [3.63, 3.8) is 0 Å². The zero-order valence-corrected chi connectivity index (χ0v) is 14.7. The molecule has 0 aliphatic heterocycles. The SMILES string of the molecule is CCOC(=O)[C@](C#N)(CCS(=O)(=O)c1ccccc1)c1ccccc1. The van der Waals surface area contributed by atoms with Crippen molar-refractivity contribution in [1.29, 1.82) is 5.26 Å². The first-order chi connectivity index (χ1) is 12.0. The van der Waals surface area contributed by atoms with E-state index in [1.165, 1.54) is 12.1 Å². The van der Waals surface area contributed by atoms with Crippen molar-refractivity contribution >= 4 is 15.8 Å². The summed E-state index contributed by atoms with van der Waals surface area (Å²) in [6, 6.07) is 18.4. The van der Waals surface area contributed by atoms with Crippen LogP contribution in [0.4, 0.5) is 0 Å². The molecule has 0 aliphatic rings.